The van der Waals surface area contributed by atoms with Gasteiger partial charge in [-0.15, -0.1) is 0 Å². The Morgan fingerprint density at radius 3 is 2.68 bits per heavy atom. The molecule has 9 heteroatoms. The zero-order valence-corrected chi connectivity index (χ0v) is 25.0. The number of hydrogen-bond donors (Lipinski definition) is 2. The van der Waals surface area contributed by atoms with Crippen LogP contribution in [0.1, 0.15) is 49.8 Å². The minimum Gasteiger partial charge on any atom is -0.508 e. The molecule has 2 saturated heterocycles. The van der Waals surface area contributed by atoms with Gasteiger partial charge in [0, 0.05) is 42.7 Å². The fourth-order valence-electron chi connectivity index (χ4n) is 5.70. The summed E-state index contributed by atoms with van der Waals surface area (Å²) >= 11 is 6.73. The van der Waals surface area contributed by atoms with Crippen molar-refractivity contribution in [1.82, 2.24) is 20.2 Å². The lowest BCUT2D eigenvalue weighted by molar-refractivity contribution is 0.254. The monoisotopic (exact) mass is 579 g/mol. The number of anilines is 1. The molecule has 0 saturated carbocycles. The first-order valence-corrected chi connectivity index (χ1v) is 14.8. The zero-order chi connectivity index (χ0) is 29.1. The van der Waals surface area contributed by atoms with Crippen molar-refractivity contribution in [3.8, 4) is 6.01 Å². The molecule has 5 rings (SSSR count). The number of ether oxygens (including phenoxy) is 1. The molecule has 218 valence electrons. The maximum Gasteiger partial charge on any atom is 0.319 e. The summed E-state index contributed by atoms with van der Waals surface area (Å²) < 4.78 is 22.3. The number of aliphatic hydroxyl groups excluding tert-OH is 1. The molecule has 0 amide bonds. The number of benzene rings is 2. The summed E-state index contributed by atoms with van der Waals surface area (Å²) in [5.74, 6) is 0.0979. The molecule has 41 heavy (non-hydrogen) atoms. The zero-order valence-electron chi connectivity index (χ0n) is 24.3. The molecule has 0 aliphatic carbocycles. The number of nitrogens with zero attached hydrogens (tertiary/aromatic N) is 4. The van der Waals surface area contributed by atoms with Crippen molar-refractivity contribution in [1.29, 1.82) is 0 Å². The summed E-state index contributed by atoms with van der Waals surface area (Å²) in [5, 5.41) is 15.1. The van der Waals surface area contributed by atoms with Gasteiger partial charge in [-0.25, -0.2) is 4.39 Å². The van der Waals surface area contributed by atoms with Crippen LogP contribution in [0.5, 0.6) is 6.01 Å². The lowest BCUT2D eigenvalue weighted by Crippen LogP contribution is -2.51. The van der Waals surface area contributed by atoms with Gasteiger partial charge in [0.1, 0.15) is 17.1 Å². The second-order valence-electron chi connectivity index (χ2n) is 11.2. The molecule has 2 bridgehead atoms. The van der Waals surface area contributed by atoms with Gasteiger partial charge in [0.2, 0.25) is 0 Å². The molecule has 2 fully saturated rings. The Kier molecular flexibility index (Phi) is 9.12. The Morgan fingerprint density at radius 1 is 1.24 bits per heavy atom. The molecule has 2 N–H and O–H groups in total. The van der Waals surface area contributed by atoms with Crippen molar-refractivity contribution < 1.29 is 14.2 Å². The van der Waals surface area contributed by atoms with Crippen LogP contribution in [0, 0.1) is 12.7 Å². The molecule has 0 spiro atoms. The van der Waals surface area contributed by atoms with E-state index in [0.29, 0.717) is 35.5 Å². The van der Waals surface area contributed by atoms with Crippen molar-refractivity contribution in [2.24, 2.45) is 0 Å². The van der Waals surface area contributed by atoms with Crippen LogP contribution >= 0.6 is 11.6 Å². The second-order valence-corrected chi connectivity index (χ2v) is 11.6. The van der Waals surface area contributed by atoms with Crippen molar-refractivity contribution in [2.45, 2.75) is 52.1 Å². The Morgan fingerprint density at radius 2 is 1.98 bits per heavy atom. The third kappa shape index (κ3) is 6.66. The standard InChI is InChI=1S/C32H39ClFN5O2/c1-5-38(4)13-8-14-41-32-36-30-26(31(37-32)39-18-23-11-12-24(19-39)35-23)17-27(33)28(29(30)34)21(3)15-25(40)16-22-10-7-6-9-20(22)2/h6-7,9-10,15-17,23-24,35,40H,5,8,11-14,18-19H2,1-4H3/b21-15+,25-16+. The fourth-order valence-corrected chi connectivity index (χ4v) is 6.04. The summed E-state index contributed by atoms with van der Waals surface area (Å²) in [6, 6.07) is 10.4. The number of hydrogen-bond acceptors (Lipinski definition) is 7. The van der Waals surface area contributed by atoms with Gasteiger partial charge in [-0.3, -0.25) is 0 Å². The van der Waals surface area contributed by atoms with Gasteiger partial charge < -0.3 is 25.0 Å². The lowest BCUT2D eigenvalue weighted by Gasteiger charge is -2.34. The average Bonchev–Trinajstić information content (AvgIpc) is 3.29. The molecule has 2 aromatic carbocycles. The topological polar surface area (TPSA) is 73.8 Å². The molecular formula is C32H39ClFN5O2. The van der Waals surface area contributed by atoms with E-state index in [1.165, 1.54) is 6.08 Å². The van der Waals surface area contributed by atoms with Gasteiger partial charge in [0.25, 0.3) is 0 Å². The van der Waals surface area contributed by atoms with Crippen molar-refractivity contribution in [3.05, 3.63) is 69.7 Å². The number of allylic oxidation sites excluding steroid dienone is 2. The van der Waals surface area contributed by atoms with Crippen LogP contribution in [0.25, 0.3) is 22.6 Å². The maximum absolute atomic E-state index is 16.3. The largest absolute Gasteiger partial charge is 0.508 e. The third-order valence-corrected chi connectivity index (χ3v) is 8.36. The van der Waals surface area contributed by atoms with Crippen LogP contribution in [0.15, 0.2) is 42.2 Å². The molecular weight excluding hydrogens is 541 g/mol. The molecule has 2 unspecified atom stereocenters. The molecule has 3 heterocycles. The minimum atomic E-state index is -0.553. The van der Waals surface area contributed by atoms with E-state index in [2.05, 4.69) is 34.1 Å². The number of aromatic nitrogens is 2. The van der Waals surface area contributed by atoms with Gasteiger partial charge in [-0.2, -0.15) is 9.97 Å². The Balaban J connectivity index is 1.53. The predicted octanol–water partition coefficient (Wildman–Crippen LogP) is 6.39. The SMILES string of the molecule is CCN(C)CCCOc1nc(N2CC3CCC(C2)N3)c2cc(Cl)c(/C(C)=C/C(O)=C\c3ccccc3C)c(F)c2n1. The summed E-state index contributed by atoms with van der Waals surface area (Å²) in [7, 11) is 2.06. The van der Waals surface area contributed by atoms with Crippen molar-refractivity contribution in [2.75, 3.05) is 44.7 Å². The van der Waals surface area contributed by atoms with Crippen LogP contribution < -0.4 is 15.0 Å². The molecule has 7 nitrogen and oxygen atoms in total. The maximum atomic E-state index is 16.3. The Bertz CT molecular complexity index is 1460. The number of nitrogens with one attached hydrogen (secondary N) is 1. The summed E-state index contributed by atoms with van der Waals surface area (Å²) in [5.41, 5.74) is 2.76. The van der Waals surface area contributed by atoms with Crippen LogP contribution in [0.4, 0.5) is 10.2 Å². The highest BCUT2D eigenvalue weighted by molar-refractivity contribution is 6.33. The minimum absolute atomic E-state index is 0.00750. The van der Waals surface area contributed by atoms with Crippen molar-refractivity contribution >= 4 is 40.0 Å². The first kappa shape index (κ1) is 29.3. The van der Waals surface area contributed by atoms with Gasteiger partial charge in [-0.05, 0) is 81.6 Å². The highest BCUT2D eigenvalue weighted by Gasteiger charge is 2.34. The second kappa shape index (κ2) is 12.8. The number of aliphatic hydroxyl groups is 1. The van der Waals surface area contributed by atoms with Gasteiger partial charge in [0.05, 0.1) is 11.6 Å². The highest BCUT2D eigenvalue weighted by Crippen LogP contribution is 2.38. The highest BCUT2D eigenvalue weighted by atomic mass is 35.5. The lowest BCUT2D eigenvalue weighted by atomic mass is 10.0. The van der Waals surface area contributed by atoms with E-state index in [9.17, 15) is 5.11 Å². The average molecular weight is 580 g/mol. The van der Waals surface area contributed by atoms with Crippen LogP contribution in [-0.2, 0) is 0 Å². The summed E-state index contributed by atoms with van der Waals surface area (Å²) in [4.78, 5) is 13.7. The normalized spacial score (nSPS) is 19.4. The molecule has 1 aromatic heterocycles. The quantitative estimate of drug-likeness (QED) is 0.164. The number of rotatable bonds is 10. The van der Waals surface area contributed by atoms with Gasteiger partial charge in [0.15, 0.2) is 5.82 Å². The molecule has 0 radical (unpaired) electrons. The van der Waals surface area contributed by atoms with Crippen LogP contribution in [0.2, 0.25) is 5.02 Å². The molecule has 2 aliphatic rings. The third-order valence-electron chi connectivity index (χ3n) is 8.06. The number of aryl methyl sites for hydroxylation is 1. The van der Waals surface area contributed by atoms with Crippen LogP contribution in [-0.4, -0.2) is 71.9 Å². The van der Waals surface area contributed by atoms with E-state index in [1.54, 1.807) is 19.1 Å². The number of piperazine rings is 1. The van der Waals surface area contributed by atoms with Crippen molar-refractivity contribution in [3.63, 3.8) is 0 Å². The van der Waals surface area contributed by atoms with E-state index < -0.39 is 5.82 Å². The molecule has 3 aromatic rings. The van der Waals surface area contributed by atoms with Gasteiger partial charge in [-0.1, -0.05) is 42.8 Å². The van der Waals surface area contributed by atoms with E-state index in [1.807, 2.05) is 31.2 Å². The van der Waals surface area contributed by atoms with E-state index in [4.69, 9.17) is 21.3 Å². The van der Waals surface area contributed by atoms with Gasteiger partial charge >= 0.3 is 6.01 Å². The van der Waals surface area contributed by atoms with E-state index in [0.717, 1.165) is 56.6 Å². The van der Waals surface area contributed by atoms with E-state index >= 15 is 4.39 Å². The first-order chi connectivity index (χ1) is 19.7. The smallest absolute Gasteiger partial charge is 0.319 e. The number of halogens is 2. The molecule has 2 atom stereocenters. The summed E-state index contributed by atoms with van der Waals surface area (Å²) in [6.07, 6.45) is 6.22. The number of fused-ring (bicyclic) bond motifs is 3. The Labute approximate surface area is 246 Å². The molecule has 2 aliphatic heterocycles. The fraction of sp³-hybridized carbons (Fsp3) is 0.438. The predicted molar refractivity (Wildman–Crippen MR) is 165 cm³/mol. The van der Waals surface area contributed by atoms with E-state index in [-0.39, 0.29) is 27.9 Å². The van der Waals surface area contributed by atoms with Crippen LogP contribution in [0.3, 0.4) is 0 Å². The first-order valence-electron chi connectivity index (χ1n) is 14.4. The summed E-state index contributed by atoms with van der Waals surface area (Å²) in [6.45, 7) is 9.64. The Hall–Kier alpha value is -3.20.